The molecular formula is C14H17F5O2. The topological polar surface area (TPSA) is 29.5 Å². The summed E-state index contributed by atoms with van der Waals surface area (Å²) in [6.07, 6.45) is -7.81. The van der Waals surface area contributed by atoms with Crippen LogP contribution in [0.25, 0.3) is 0 Å². The van der Waals surface area contributed by atoms with E-state index in [0.29, 0.717) is 0 Å². The maximum atomic E-state index is 13.2. The van der Waals surface area contributed by atoms with E-state index in [1.165, 1.54) is 18.2 Å². The molecule has 120 valence electrons. The summed E-state index contributed by atoms with van der Waals surface area (Å²) in [5, 5.41) is 10.1. The molecule has 1 N–H and O–H groups in total. The summed E-state index contributed by atoms with van der Waals surface area (Å²) >= 11 is 0. The van der Waals surface area contributed by atoms with E-state index in [1.54, 1.807) is 19.9 Å². The number of aliphatic hydroxyl groups is 1. The summed E-state index contributed by atoms with van der Waals surface area (Å²) in [6, 6.07) is 5.65. The SMILES string of the molecule is CC(C)Oc1ccccc1C(C)(O)CC(F)(F)C(F)(F)F. The fourth-order valence-electron chi connectivity index (χ4n) is 1.90. The van der Waals surface area contributed by atoms with Gasteiger partial charge in [0.2, 0.25) is 0 Å². The first kappa shape index (κ1) is 17.7. The molecule has 1 unspecified atom stereocenters. The Bertz CT molecular complexity index is 480. The van der Waals surface area contributed by atoms with E-state index >= 15 is 0 Å². The van der Waals surface area contributed by atoms with Gasteiger partial charge in [0.25, 0.3) is 0 Å². The molecule has 0 bridgehead atoms. The highest BCUT2D eigenvalue weighted by Gasteiger charge is 2.60. The number of ether oxygens (including phenoxy) is 1. The van der Waals surface area contributed by atoms with Crippen LogP contribution in [0.15, 0.2) is 24.3 Å². The number of hydrogen-bond donors (Lipinski definition) is 1. The van der Waals surface area contributed by atoms with Crippen molar-refractivity contribution in [2.24, 2.45) is 0 Å². The summed E-state index contributed by atoms with van der Waals surface area (Å²) in [4.78, 5) is 0. The predicted molar refractivity (Wildman–Crippen MR) is 67.4 cm³/mol. The minimum absolute atomic E-state index is 0.0791. The average Bonchev–Trinajstić information content (AvgIpc) is 2.25. The second-order valence-electron chi connectivity index (χ2n) is 5.32. The van der Waals surface area contributed by atoms with Gasteiger partial charge in [-0.15, -0.1) is 0 Å². The van der Waals surface area contributed by atoms with E-state index in [4.69, 9.17) is 4.74 Å². The molecule has 0 spiro atoms. The van der Waals surface area contributed by atoms with Crippen molar-refractivity contribution in [3.63, 3.8) is 0 Å². The van der Waals surface area contributed by atoms with Gasteiger partial charge in [0, 0.05) is 5.56 Å². The normalized spacial score (nSPS) is 15.9. The number of para-hydroxylation sites is 1. The second kappa shape index (κ2) is 5.79. The molecule has 0 fully saturated rings. The highest BCUT2D eigenvalue weighted by molar-refractivity contribution is 5.38. The third-order valence-corrected chi connectivity index (χ3v) is 2.81. The minimum atomic E-state index is -5.72. The summed E-state index contributed by atoms with van der Waals surface area (Å²) in [6.45, 7) is 4.26. The average molecular weight is 312 g/mol. The molecule has 1 atom stereocenters. The summed E-state index contributed by atoms with van der Waals surface area (Å²) in [5.41, 5.74) is -2.49. The van der Waals surface area contributed by atoms with Crippen LogP contribution in [0.4, 0.5) is 22.0 Å². The van der Waals surface area contributed by atoms with E-state index in [-0.39, 0.29) is 17.4 Å². The summed E-state index contributed by atoms with van der Waals surface area (Å²) in [7, 11) is 0. The lowest BCUT2D eigenvalue weighted by atomic mass is 9.88. The lowest BCUT2D eigenvalue weighted by Gasteiger charge is -2.31. The molecule has 0 saturated heterocycles. The van der Waals surface area contributed by atoms with E-state index in [0.717, 1.165) is 6.92 Å². The third kappa shape index (κ3) is 4.30. The summed E-state index contributed by atoms with van der Waals surface area (Å²) in [5.74, 6) is -4.92. The standard InChI is InChI=1S/C14H17F5O2/c1-9(2)21-11-7-5-4-6-10(11)12(3,20)8-13(15,16)14(17,18)19/h4-7,9,20H,8H2,1-3H3. The van der Waals surface area contributed by atoms with Crippen LogP contribution in [0.1, 0.15) is 32.8 Å². The Morgan fingerprint density at radius 1 is 1.10 bits per heavy atom. The number of halogens is 5. The lowest BCUT2D eigenvalue weighted by Crippen LogP contribution is -2.42. The van der Waals surface area contributed by atoms with E-state index in [2.05, 4.69) is 0 Å². The van der Waals surface area contributed by atoms with Crippen LogP contribution < -0.4 is 4.74 Å². The van der Waals surface area contributed by atoms with Crippen molar-refractivity contribution in [1.29, 1.82) is 0 Å². The third-order valence-electron chi connectivity index (χ3n) is 2.81. The first-order chi connectivity index (χ1) is 9.37. The van der Waals surface area contributed by atoms with E-state index < -0.39 is 24.1 Å². The van der Waals surface area contributed by atoms with Crippen molar-refractivity contribution in [3.05, 3.63) is 29.8 Å². The Kier molecular flexibility index (Phi) is 4.87. The Morgan fingerprint density at radius 2 is 1.62 bits per heavy atom. The summed E-state index contributed by atoms with van der Waals surface area (Å²) < 4.78 is 68.6. The van der Waals surface area contributed by atoms with Crippen LogP contribution in [-0.2, 0) is 5.60 Å². The van der Waals surface area contributed by atoms with Gasteiger partial charge in [-0.2, -0.15) is 22.0 Å². The molecule has 1 aromatic rings. The predicted octanol–water partition coefficient (Wildman–Crippen LogP) is 4.27. The van der Waals surface area contributed by atoms with Crippen LogP contribution in [0.3, 0.4) is 0 Å². The fraction of sp³-hybridized carbons (Fsp3) is 0.571. The molecule has 0 aliphatic rings. The van der Waals surface area contributed by atoms with Gasteiger partial charge < -0.3 is 9.84 Å². The first-order valence-corrected chi connectivity index (χ1v) is 6.30. The molecule has 0 amide bonds. The molecule has 1 aromatic carbocycles. The molecule has 0 radical (unpaired) electrons. The molecule has 7 heteroatoms. The highest BCUT2D eigenvalue weighted by Crippen LogP contribution is 2.45. The Hall–Kier alpha value is -1.37. The zero-order chi connectivity index (χ0) is 16.5. The van der Waals surface area contributed by atoms with Crippen molar-refractivity contribution in [2.45, 2.75) is 51.0 Å². The molecule has 0 aliphatic carbocycles. The smallest absolute Gasteiger partial charge is 0.453 e. The maximum Gasteiger partial charge on any atom is 0.453 e. The van der Waals surface area contributed by atoms with Gasteiger partial charge in [-0.1, -0.05) is 18.2 Å². The Morgan fingerprint density at radius 3 is 2.10 bits per heavy atom. The Balaban J connectivity index is 3.14. The van der Waals surface area contributed by atoms with Crippen molar-refractivity contribution in [1.82, 2.24) is 0 Å². The highest BCUT2D eigenvalue weighted by atomic mass is 19.4. The molecule has 0 heterocycles. The largest absolute Gasteiger partial charge is 0.491 e. The van der Waals surface area contributed by atoms with Crippen LogP contribution in [-0.4, -0.2) is 23.3 Å². The number of benzene rings is 1. The monoisotopic (exact) mass is 312 g/mol. The van der Waals surface area contributed by atoms with Gasteiger partial charge >= 0.3 is 12.1 Å². The van der Waals surface area contributed by atoms with Crippen LogP contribution >= 0.6 is 0 Å². The second-order valence-corrected chi connectivity index (χ2v) is 5.32. The maximum absolute atomic E-state index is 13.2. The van der Waals surface area contributed by atoms with Crippen molar-refractivity contribution >= 4 is 0 Å². The molecule has 0 aromatic heterocycles. The van der Waals surface area contributed by atoms with Gasteiger partial charge in [-0.25, -0.2) is 0 Å². The lowest BCUT2D eigenvalue weighted by molar-refractivity contribution is -0.297. The van der Waals surface area contributed by atoms with Crippen molar-refractivity contribution in [3.8, 4) is 5.75 Å². The van der Waals surface area contributed by atoms with Gasteiger partial charge in [0.1, 0.15) is 5.75 Å². The van der Waals surface area contributed by atoms with Gasteiger partial charge in [-0.3, -0.25) is 0 Å². The van der Waals surface area contributed by atoms with Crippen molar-refractivity contribution in [2.75, 3.05) is 0 Å². The number of rotatable bonds is 5. The molecule has 0 saturated carbocycles. The molecule has 0 aliphatic heterocycles. The van der Waals surface area contributed by atoms with E-state index in [1.807, 2.05) is 0 Å². The van der Waals surface area contributed by atoms with Gasteiger partial charge in [0.05, 0.1) is 18.1 Å². The molecule has 1 rings (SSSR count). The molecule has 21 heavy (non-hydrogen) atoms. The molecule has 2 nitrogen and oxygen atoms in total. The first-order valence-electron chi connectivity index (χ1n) is 6.30. The van der Waals surface area contributed by atoms with Crippen LogP contribution in [0.2, 0.25) is 0 Å². The van der Waals surface area contributed by atoms with Gasteiger partial charge in [0.15, 0.2) is 0 Å². The van der Waals surface area contributed by atoms with E-state index in [9.17, 15) is 27.1 Å². The van der Waals surface area contributed by atoms with Gasteiger partial charge in [-0.05, 0) is 26.8 Å². The van der Waals surface area contributed by atoms with Crippen LogP contribution in [0, 0.1) is 0 Å². The quantitative estimate of drug-likeness (QED) is 0.823. The molecular weight excluding hydrogens is 295 g/mol. The van der Waals surface area contributed by atoms with Crippen molar-refractivity contribution < 1.29 is 31.8 Å². The zero-order valence-corrected chi connectivity index (χ0v) is 11.8. The number of alkyl halides is 5. The number of hydrogen-bond acceptors (Lipinski definition) is 2. The zero-order valence-electron chi connectivity index (χ0n) is 11.8. The Labute approximate surface area is 119 Å². The van der Waals surface area contributed by atoms with Crippen LogP contribution in [0.5, 0.6) is 5.75 Å². The minimum Gasteiger partial charge on any atom is -0.491 e. The fourth-order valence-corrected chi connectivity index (χ4v) is 1.90.